The minimum Gasteiger partial charge on any atom is -0.508 e. The molecule has 2 heterocycles. The van der Waals surface area contributed by atoms with Crippen molar-refractivity contribution in [2.75, 3.05) is 12.4 Å². The lowest BCUT2D eigenvalue weighted by molar-refractivity contribution is -0.284. The number of benzene rings is 2. The number of para-hydroxylation sites is 2. The Labute approximate surface area is 489 Å². The molecule has 13 nitrogen and oxygen atoms in total. The summed E-state index contributed by atoms with van der Waals surface area (Å²) in [5.74, 6) is 0.455. The summed E-state index contributed by atoms with van der Waals surface area (Å²) in [6.45, 7) is 45.3. The summed E-state index contributed by atoms with van der Waals surface area (Å²) < 4.78 is 45.8. The Morgan fingerprint density at radius 2 is 1.29 bits per heavy atom. The Morgan fingerprint density at radius 1 is 0.713 bits per heavy atom. The highest BCUT2D eigenvalue weighted by molar-refractivity contribution is 6.18. The molecular weight excluding hydrogens is 1030 g/mol. The minimum atomic E-state index is -0.795. The third-order valence-corrected chi connectivity index (χ3v) is 20.9. The van der Waals surface area contributed by atoms with Crippen LogP contribution in [0.5, 0.6) is 11.5 Å². The van der Waals surface area contributed by atoms with E-state index < -0.39 is 75.6 Å². The molecule has 1 amide bonds. The van der Waals surface area contributed by atoms with E-state index in [4.69, 9.17) is 44.8 Å². The molecule has 2 saturated heterocycles. The number of amides is 1. The first kappa shape index (κ1) is 69.5. The van der Waals surface area contributed by atoms with Crippen LogP contribution in [-0.2, 0) is 33.2 Å². The number of carbonyl (C=O) groups is 2. The largest absolute Gasteiger partial charge is 0.508 e. The fraction of sp³-hybridized carbons (Fsp3) is 0.788. The maximum atomic E-state index is 12.7. The third-order valence-electron chi connectivity index (χ3n) is 20.7. The Balaban J connectivity index is 1.63. The van der Waals surface area contributed by atoms with Crippen LogP contribution in [0, 0.1) is 43.3 Å². The summed E-state index contributed by atoms with van der Waals surface area (Å²) >= 11 is 5.82. The van der Waals surface area contributed by atoms with Gasteiger partial charge in [0.1, 0.15) is 11.5 Å². The van der Waals surface area contributed by atoms with Crippen LogP contribution in [0.2, 0.25) is 0 Å². The van der Waals surface area contributed by atoms with Crippen molar-refractivity contribution in [3.8, 4) is 11.5 Å². The van der Waals surface area contributed by atoms with Crippen molar-refractivity contribution in [2.24, 2.45) is 43.3 Å². The Kier molecular flexibility index (Phi) is 24.1. The van der Waals surface area contributed by atoms with Crippen molar-refractivity contribution in [2.45, 2.75) is 277 Å². The molecule has 2 aliphatic rings. The number of alkyl halides is 1. The normalized spacial score (nSPS) is 23.1. The third kappa shape index (κ3) is 16.9. The average molecular weight is 1150 g/mol. The van der Waals surface area contributed by atoms with E-state index in [0.717, 1.165) is 19.3 Å². The van der Waals surface area contributed by atoms with Gasteiger partial charge in [0.15, 0.2) is 12.6 Å². The van der Waals surface area contributed by atoms with Gasteiger partial charge in [-0.25, -0.2) is 4.79 Å². The number of aliphatic hydroxyl groups is 2. The number of hydrogen-bond acceptors (Lipinski definition) is 12. The van der Waals surface area contributed by atoms with E-state index in [1.807, 2.05) is 44.2 Å². The zero-order valence-corrected chi connectivity index (χ0v) is 54.1. The van der Waals surface area contributed by atoms with E-state index in [2.05, 4.69) is 130 Å². The number of hydrogen-bond donors (Lipinski definition) is 4. The predicted molar refractivity (Wildman–Crippen MR) is 320 cm³/mol. The van der Waals surface area contributed by atoms with Crippen LogP contribution in [0.15, 0.2) is 48.5 Å². The van der Waals surface area contributed by atoms with Gasteiger partial charge in [-0.1, -0.05) is 167 Å². The number of ether oxygens (including phenoxy) is 7. The molecule has 458 valence electrons. The lowest BCUT2D eigenvalue weighted by Gasteiger charge is -2.55. The molecule has 2 aromatic rings. The number of aliphatic hydroxyl groups excluding tert-OH is 2. The molecule has 0 bridgehead atoms. The molecule has 0 radical (unpaired) electrons. The van der Waals surface area contributed by atoms with Gasteiger partial charge in [-0.2, -0.15) is 0 Å². The monoisotopic (exact) mass is 1140 g/mol. The molecule has 14 heteroatoms. The lowest BCUT2D eigenvalue weighted by atomic mass is 9.55. The zero-order chi connectivity index (χ0) is 60.6. The molecule has 2 aliphatic heterocycles. The first-order valence-electron chi connectivity index (χ1n) is 30.0. The van der Waals surface area contributed by atoms with Gasteiger partial charge < -0.3 is 53.8 Å². The molecule has 4 rings (SSSR count). The van der Waals surface area contributed by atoms with Gasteiger partial charge in [0.25, 0.3) is 0 Å². The maximum absolute atomic E-state index is 12.7. The Hall–Kier alpha value is -3.01. The number of phenols is 1. The lowest BCUT2D eigenvalue weighted by Crippen LogP contribution is -2.54. The van der Waals surface area contributed by atoms with Crippen molar-refractivity contribution < 1.29 is 58.1 Å². The molecule has 0 aromatic heterocycles. The molecule has 2 fully saturated rings. The molecule has 4 N–H and O–H groups in total. The molecule has 0 saturated carbocycles. The summed E-state index contributed by atoms with van der Waals surface area (Å²) in [6, 6.07) is 14.6. The summed E-state index contributed by atoms with van der Waals surface area (Å²) in [5.41, 5.74) is -2.30. The van der Waals surface area contributed by atoms with E-state index in [0.29, 0.717) is 61.8 Å². The Morgan fingerprint density at radius 3 is 1.88 bits per heavy atom. The highest BCUT2D eigenvalue weighted by Gasteiger charge is 2.55. The molecular formula is C66H110ClNO12. The SMILES string of the molecule is CCCC1OC(CC(C)(C)C(C)(C)C(CC(O)CC(C)(C)C(C)(C)C2CC(CC)OC(c3ccccc3OC(=O)NCCCl)O2)OC(C)c2ccccc2O)CC(C(C)(C)C(C)(C)CC(O)C(C)(C)C(C)(C)CC(C)OC(C)=O)O1. The van der Waals surface area contributed by atoms with Gasteiger partial charge >= 0.3 is 12.1 Å². The molecule has 2 aromatic carbocycles. The summed E-state index contributed by atoms with van der Waals surface area (Å²) in [7, 11) is 0. The molecule has 0 spiro atoms. The van der Waals surface area contributed by atoms with Crippen molar-refractivity contribution in [3.63, 3.8) is 0 Å². The number of phenolic OH excluding ortho intramolecular Hbond substituents is 1. The quantitative estimate of drug-likeness (QED) is 0.0450. The second kappa shape index (κ2) is 27.8. The molecule has 80 heavy (non-hydrogen) atoms. The standard InChI is InChI=1S/C66H110ClNO12/c1-22-28-56-76-47(37-54(79-56)65(18,19)62(12,13)41-52(72)63(14,15)59(6,7)38-42(3)74-44(5)69)40-61(10,11)64(16,17)53(75-43(4)48-29-24-26-31-50(48)71)35-45(70)39-60(8,9)66(20,21)55-36-46(23-2)77-57(80-55)49-30-25-27-32-51(49)78-58(73)68-34-33-67/h24-27,29-32,42-43,45-47,52-57,70-72H,22-23,28,33-41H2,1-21H3,(H,68,73). The van der Waals surface area contributed by atoms with Gasteiger partial charge in [0.05, 0.1) is 60.5 Å². The molecule has 11 unspecified atom stereocenters. The van der Waals surface area contributed by atoms with Crippen molar-refractivity contribution in [1.29, 1.82) is 0 Å². The van der Waals surface area contributed by atoms with E-state index >= 15 is 0 Å². The van der Waals surface area contributed by atoms with Gasteiger partial charge in [-0.3, -0.25) is 4.79 Å². The summed E-state index contributed by atoms with van der Waals surface area (Å²) in [6.07, 6.45) is 1.03. The minimum absolute atomic E-state index is 0.128. The first-order chi connectivity index (χ1) is 36.8. The van der Waals surface area contributed by atoms with E-state index in [9.17, 15) is 24.9 Å². The highest BCUT2D eigenvalue weighted by Crippen LogP contribution is 2.57. The van der Waals surface area contributed by atoms with Crippen LogP contribution in [-0.4, -0.2) is 94.9 Å². The van der Waals surface area contributed by atoms with E-state index in [-0.39, 0.29) is 65.5 Å². The number of nitrogens with one attached hydrogen (secondary N) is 1. The van der Waals surface area contributed by atoms with E-state index in [1.54, 1.807) is 18.2 Å². The Bertz CT molecular complexity index is 2270. The number of halogens is 1. The second-order valence-corrected chi connectivity index (χ2v) is 29.0. The number of rotatable bonds is 29. The van der Waals surface area contributed by atoms with Gasteiger partial charge in [-0.15, -0.1) is 11.6 Å². The van der Waals surface area contributed by atoms with Crippen LogP contribution in [0.3, 0.4) is 0 Å². The molecule has 0 aliphatic carbocycles. The number of esters is 1. The van der Waals surface area contributed by atoms with Crippen LogP contribution in [0.1, 0.15) is 233 Å². The summed E-state index contributed by atoms with van der Waals surface area (Å²) in [4.78, 5) is 24.5. The molecule has 11 atom stereocenters. The van der Waals surface area contributed by atoms with Gasteiger partial charge in [0.2, 0.25) is 0 Å². The van der Waals surface area contributed by atoms with Crippen LogP contribution in [0.25, 0.3) is 0 Å². The number of carbonyl (C=O) groups excluding carboxylic acids is 2. The summed E-state index contributed by atoms with van der Waals surface area (Å²) in [5, 5.41) is 38.6. The topological polar surface area (TPSA) is 171 Å². The predicted octanol–water partition coefficient (Wildman–Crippen LogP) is 15.6. The van der Waals surface area contributed by atoms with Gasteiger partial charge in [-0.05, 0) is 108 Å². The fourth-order valence-electron chi connectivity index (χ4n) is 12.1. The maximum Gasteiger partial charge on any atom is 0.412 e. The smallest absolute Gasteiger partial charge is 0.412 e. The zero-order valence-electron chi connectivity index (χ0n) is 53.3. The van der Waals surface area contributed by atoms with Crippen LogP contribution < -0.4 is 10.1 Å². The van der Waals surface area contributed by atoms with Crippen molar-refractivity contribution in [1.82, 2.24) is 5.32 Å². The second-order valence-electron chi connectivity index (χ2n) is 28.6. The van der Waals surface area contributed by atoms with Gasteiger partial charge in [0, 0.05) is 44.2 Å². The van der Waals surface area contributed by atoms with Crippen LogP contribution >= 0.6 is 11.6 Å². The first-order valence-corrected chi connectivity index (χ1v) is 30.5. The fourth-order valence-corrected chi connectivity index (χ4v) is 12.2. The highest BCUT2D eigenvalue weighted by atomic mass is 35.5. The van der Waals surface area contributed by atoms with Crippen molar-refractivity contribution >= 4 is 23.7 Å². The average Bonchev–Trinajstić information content (AvgIpc) is 3.39. The van der Waals surface area contributed by atoms with Crippen LogP contribution in [0.4, 0.5) is 4.79 Å². The van der Waals surface area contributed by atoms with Crippen molar-refractivity contribution in [3.05, 3.63) is 59.7 Å². The number of aromatic hydroxyl groups is 1. The van der Waals surface area contributed by atoms with E-state index in [1.165, 1.54) is 6.92 Å².